The molecule has 5 aliphatic rings. The van der Waals surface area contributed by atoms with Crippen molar-refractivity contribution in [1.82, 2.24) is 29.4 Å². The van der Waals surface area contributed by atoms with Gasteiger partial charge in [0.25, 0.3) is 0 Å². The molecule has 0 saturated carbocycles. The second-order valence-electron chi connectivity index (χ2n) is 15.5. The van der Waals surface area contributed by atoms with Gasteiger partial charge in [-0.25, -0.2) is 13.2 Å². The van der Waals surface area contributed by atoms with E-state index in [4.69, 9.17) is 4.74 Å². The first-order chi connectivity index (χ1) is 19.7. The van der Waals surface area contributed by atoms with E-state index in [1.54, 1.807) is 0 Å². The lowest BCUT2D eigenvalue weighted by atomic mass is 9.93. The van der Waals surface area contributed by atoms with Gasteiger partial charge in [0, 0.05) is 102 Å². The minimum atomic E-state index is -3.04. The van der Waals surface area contributed by atoms with Gasteiger partial charge in [-0.15, -0.1) is 0 Å². The molecule has 0 bridgehead atoms. The van der Waals surface area contributed by atoms with Crippen LogP contribution in [0.4, 0.5) is 4.79 Å². The van der Waals surface area contributed by atoms with Gasteiger partial charge < -0.3 is 9.64 Å². The number of fused-ring (bicyclic) bond motifs is 2. The van der Waals surface area contributed by atoms with Crippen LogP contribution < -0.4 is 0 Å². The van der Waals surface area contributed by atoms with Crippen LogP contribution in [0.15, 0.2) is 0 Å². The minimum Gasteiger partial charge on any atom is -0.447 e. The van der Waals surface area contributed by atoms with Gasteiger partial charge >= 0.3 is 6.09 Å². The number of rotatable bonds is 11. The first kappa shape index (κ1) is 32.4. The molecular formula is C31H58N6O4S. The maximum absolute atomic E-state index is 12.9. The highest BCUT2D eigenvalue weighted by Gasteiger charge is 2.44. The molecule has 0 aromatic rings. The molecule has 0 aliphatic carbocycles. The topological polar surface area (TPSA) is 79.9 Å². The molecule has 0 aromatic heterocycles. The van der Waals surface area contributed by atoms with Crippen LogP contribution >= 0.6 is 0 Å². The van der Waals surface area contributed by atoms with E-state index in [-0.39, 0.29) is 34.7 Å². The first-order valence-electron chi connectivity index (χ1n) is 16.5. The lowest BCUT2D eigenvalue weighted by molar-refractivity contribution is 0.0650. The van der Waals surface area contributed by atoms with Crippen LogP contribution in [0.5, 0.6) is 0 Å². The van der Waals surface area contributed by atoms with Crippen LogP contribution in [0.25, 0.3) is 0 Å². The Bertz CT molecular complexity index is 1030. The number of amides is 1. The molecule has 0 N–H and O–H groups in total. The quantitative estimate of drug-likeness (QED) is 0.348. The number of carbonyl (C=O) groups excluding carboxylic acids is 1. The van der Waals surface area contributed by atoms with Crippen molar-refractivity contribution in [3.63, 3.8) is 0 Å². The summed E-state index contributed by atoms with van der Waals surface area (Å²) in [6.07, 6.45) is 2.16. The molecule has 0 spiro atoms. The summed E-state index contributed by atoms with van der Waals surface area (Å²) >= 11 is 0. The van der Waals surface area contributed by atoms with Gasteiger partial charge in [0.1, 0.15) is 6.61 Å². The predicted molar refractivity (Wildman–Crippen MR) is 168 cm³/mol. The maximum Gasteiger partial charge on any atom is 0.410 e. The fraction of sp³-hybridized carbons (Fsp3) is 0.968. The summed E-state index contributed by atoms with van der Waals surface area (Å²) < 4.78 is 31.0. The zero-order valence-electron chi connectivity index (χ0n) is 27.3. The highest BCUT2D eigenvalue weighted by molar-refractivity contribution is 7.91. The molecule has 11 heteroatoms. The van der Waals surface area contributed by atoms with Crippen molar-refractivity contribution in [3.05, 3.63) is 0 Å². The average Bonchev–Trinajstić information content (AvgIpc) is 3.63. The molecule has 42 heavy (non-hydrogen) atoms. The number of sulfone groups is 1. The molecule has 1 amide bonds. The van der Waals surface area contributed by atoms with Crippen molar-refractivity contribution in [1.29, 1.82) is 0 Å². The molecule has 5 rings (SSSR count). The SMILES string of the molecule is CC(CCC(C)(C)N1CC2CN(CCS(=O)(=O)CCN3CCN(C(C)(C)C)CC3)CC2C1)N1CCN2C(=O)OCC2C1. The molecule has 0 aromatic carbocycles. The Hall–Kier alpha value is -0.980. The van der Waals surface area contributed by atoms with Crippen molar-refractivity contribution in [2.45, 2.75) is 77.5 Å². The van der Waals surface area contributed by atoms with Crippen molar-refractivity contribution in [2.75, 3.05) is 103 Å². The number of ether oxygens (including phenoxy) is 1. The molecule has 5 saturated heterocycles. The average molecular weight is 611 g/mol. The third kappa shape index (κ3) is 7.80. The zero-order valence-corrected chi connectivity index (χ0v) is 28.1. The fourth-order valence-electron chi connectivity index (χ4n) is 7.86. The van der Waals surface area contributed by atoms with E-state index in [9.17, 15) is 13.2 Å². The van der Waals surface area contributed by atoms with Gasteiger partial charge in [0.2, 0.25) is 0 Å². The summed E-state index contributed by atoms with van der Waals surface area (Å²) in [7, 11) is -3.04. The molecule has 0 radical (unpaired) electrons. The van der Waals surface area contributed by atoms with Crippen LogP contribution in [0.1, 0.15) is 54.4 Å². The van der Waals surface area contributed by atoms with Crippen LogP contribution in [-0.2, 0) is 14.6 Å². The number of carbonyl (C=O) groups is 1. The number of piperazine rings is 2. The predicted octanol–water partition coefficient (Wildman–Crippen LogP) is 1.76. The number of hydrogen-bond acceptors (Lipinski definition) is 9. The second-order valence-corrected chi connectivity index (χ2v) is 17.8. The molecule has 5 aliphatic heterocycles. The van der Waals surface area contributed by atoms with Crippen molar-refractivity contribution >= 4 is 15.9 Å². The molecule has 4 atom stereocenters. The summed E-state index contributed by atoms with van der Waals surface area (Å²) in [6, 6.07) is 0.710. The Kier molecular flexibility index (Phi) is 9.87. The van der Waals surface area contributed by atoms with E-state index in [0.717, 1.165) is 84.8 Å². The highest BCUT2D eigenvalue weighted by Crippen LogP contribution is 2.37. The van der Waals surface area contributed by atoms with Gasteiger partial charge in [-0.3, -0.25) is 24.5 Å². The van der Waals surface area contributed by atoms with Crippen molar-refractivity contribution in [2.24, 2.45) is 11.8 Å². The van der Waals surface area contributed by atoms with Crippen LogP contribution in [0.3, 0.4) is 0 Å². The van der Waals surface area contributed by atoms with Gasteiger partial charge in [-0.05, 0) is 66.2 Å². The summed E-state index contributed by atoms with van der Waals surface area (Å²) in [6.45, 7) is 26.6. The maximum atomic E-state index is 12.9. The summed E-state index contributed by atoms with van der Waals surface area (Å²) in [5, 5.41) is 0. The number of cyclic esters (lactones) is 1. The Morgan fingerprint density at radius 3 is 2.05 bits per heavy atom. The van der Waals surface area contributed by atoms with E-state index >= 15 is 0 Å². The Balaban J connectivity index is 0.987. The largest absolute Gasteiger partial charge is 0.447 e. The van der Waals surface area contributed by atoms with Crippen LogP contribution in [0, 0.1) is 11.8 Å². The van der Waals surface area contributed by atoms with E-state index in [1.165, 1.54) is 0 Å². The van der Waals surface area contributed by atoms with Crippen molar-refractivity contribution < 1.29 is 17.9 Å². The molecule has 5 heterocycles. The van der Waals surface area contributed by atoms with Gasteiger partial charge in [0.15, 0.2) is 9.84 Å². The Morgan fingerprint density at radius 1 is 0.810 bits per heavy atom. The van der Waals surface area contributed by atoms with E-state index < -0.39 is 9.84 Å². The zero-order chi connectivity index (χ0) is 30.3. The lowest BCUT2D eigenvalue weighted by Gasteiger charge is -2.42. The molecular weight excluding hydrogens is 552 g/mol. The molecule has 242 valence electrons. The van der Waals surface area contributed by atoms with E-state index in [1.807, 2.05) is 4.90 Å². The number of nitrogens with zero attached hydrogens (tertiary/aromatic N) is 6. The van der Waals surface area contributed by atoms with E-state index in [2.05, 4.69) is 66.0 Å². The highest BCUT2D eigenvalue weighted by atomic mass is 32.2. The number of hydrogen-bond donors (Lipinski definition) is 0. The van der Waals surface area contributed by atoms with E-state index in [0.29, 0.717) is 37.6 Å². The monoisotopic (exact) mass is 610 g/mol. The normalized spacial score (nSPS) is 30.1. The van der Waals surface area contributed by atoms with Gasteiger partial charge in [0.05, 0.1) is 17.5 Å². The Morgan fingerprint density at radius 2 is 1.43 bits per heavy atom. The van der Waals surface area contributed by atoms with Crippen LogP contribution in [0.2, 0.25) is 0 Å². The second kappa shape index (κ2) is 12.8. The Labute approximate surface area is 255 Å². The summed E-state index contributed by atoms with van der Waals surface area (Å²) in [4.78, 5) is 26.2. The first-order valence-corrected chi connectivity index (χ1v) is 18.3. The number of likely N-dealkylation sites (tertiary alicyclic amines) is 2. The lowest BCUT2D eigenvalue weighted by Crippen LogP contribution is -2.54. The molecule has 4 unspecified atom stereocenters. The smallest absolute Gasteiger partial charge is 0.410 e. The van der Waals surface area contributed by atoms with Gasteiger partial charge in [-0.2, -0.15) is 0 Å². The summed E-state index contributed by atoms with van der Waals surface area (Å²) in [5.41, 5.74) is 0.336. The third-order valence-corrected chi connectivity index (χ3v) is 12.7. The molecule has 10 nitrogen and oxygen atoms in total. The van der Waals surface area contributed by atoms with Crippen molar-refractivity contribution in [3.8, 4) is 0 Å². The standard InChI is InChI=1S/C31H58N6O4S/c1-25(34-11-14-37-28(23-34)24-41-29(37)38)7-8-31(5,6)36-21-26-19-33(20-27(26)22-36)16-18-42(39,40)17-15-32-9-12-35(13-10-32)30(2,3)4/h25-28H,7-24H2,1-6H3. The fourth-order valence-corrected chi connectivity index (χ4v) is 9.14. The third-order valence-electron chi connectivity index (χ3n) is 11.1. The van der Waals surface area contributed by atoms with Crippen LogP contribution in [-0.4, -0.2) is 170 Å². The minimum absolute atomic E-state index is 0.144. The molecule has 5 fully saturated rings. The van der Waals surface area contributed by atoms with Gasteiger partial charge in [-0.1, -0.05) is 0 Å². The summed E-state index contributed by atoms with van der Waals surface area (Å²) in [5.74, 6) is 1.87.